The predicted octanol–water partition coefficient (Wildman–Crippen LogP) is 4.72. The Hall–Kier alpha value is -2.43. The van der Waals surface area contributed by atoms with E-state index < -0.39 is 0 Å². The summed E-state index contributed by atoms with van der Waals surface area (Å²) in [5, 5.41) is 0.633. The molecule has 4 rings (SSSR count). The molecular weight excluding hydrogens is 376 g/mol. The minimum absolute atomic E-state index is 0.0340. The molecule has 2 aromatic rings. The molecule has 1 aliphatic carbocycles. The van der Waals surface area contributed by atoms with Gasteiger partial charge in [0, 0.05) is 17.0 Å². The van der Waals surface area contributed by atoms with Gasteiger partial charge in [0.2, 0.25) is 0 Å². The molecule has 1 fully saturated rings. The minimum Gasteiger partial charge on any atom is -0.496 e. The van der Waals surface area contributed by atoms with Crippen LogP contribution in [0, 0.1) is 5.92 Å². The number of rotatable bonds is 5. The molecule has 5 heteroatoms. The Morgan fingerprint density at radius 2 is 1.82 bits per heavy atom. The van der Waals surface area contributed by atoms with Crippen LogP contribution in [0.4, 0.5) is 0 Å². The predicted molar refractivity (Wildman–Crippen MR) is 107 cm³/mol. The molecule has 28 heavy (non-hydrogen) atoms. The zero-order chi connectivity index (χ0) is 19.5. The molecule has 0 amide bonds. The van der Waals surface area contributed by atoms with Crippen LogP contribution in [0.2, 0.25) is 5.02 Å². The molecule has 1 aliphatic heterocycles. The number of ether oxygens (including phenoxy) is 2. The summed E-state index contributed by atoms with van der Waals surface area (Å²) < 4.78 is 11.7. The van der Waals surface area contributed by atoms with Crippen molar-refractivity contribution >= 4 is 28.7 Å². The fraction of sp³-hybridized carbons (Fsp3) is 0.304. The van der Waals surface area contributed by atoms with E-state index in [4.69, 9.17) is 21.1 Å². The minimum atomic E-state index is -0.200. The van der Waals surface area contributed by atoms with E-state index in [2.05, 4.69) is 0 Å². The SMILES string of the molecule is O=C(COC1CCC2C(=O)C(c3ccc(Cl)cc3)=COC2C1)c1ccccc1. The lowest BCUT2D eigenvalue weighted by Crippen LogP contribution is -2.41. The summed E-state index contributed by atoms with van der Waals surface area (Å²) in [5.74, 6) is -0.0916. The summed E-state index contributed by atoms with van der Waals surface area (Å²) in [7, 11) is 0. The van der Waals surface area contributed by atoms with Crippen LogP contribution in [-0.4, -0.2) is 30.4 Å². The molecular formula is C23H21ClO4. The third kappa shape index (κ3) is 4.03. The van der Waals surface area contributed by atoms with E-state index in [-0.39, 0.29) is 36.3 Å². The normalized spacial score (nSPS) is 24.1. The highest BCUT2D eigenvalue weighted by Crippen LogP contribution is 2.37. The van der Waals surface area contributed by atoms with Crippen molar-refractivity contribution < 1.29 is 19.1 Å². The van der Waals surface area contributed by atoms with Gasteiger partial charge in [-0.25, -0.2) is 0 Å². The summed E-state index contributed by atoms with van der Waals surface area (Å²) in [4.78, 5) is 25.1. The molecule has 0 bridgehead atoms. The Labute approximate surface area is 169 Å². The number of allylic oxidation sites excluding steroid dienone is 1. The highest BCUT2D eigenvalue weighted by molar-refractivity contribution is 6.30. The maximum absolute atomic E-state index is 12.9. The van der Waals surface area contributed by atoms with Gasteiger partial charge in [0.1, 0.15) is 12.7 Å². The largest absolute Gasteiger partial charge is 0.496 e. The summed E-state index contributed by atoms with van der Waals surface area (Å²) in [6.45, 7) is 0.0475. The molecule has 3 atom stereocenters. The molecule has 144 valence electrons. The maximum Gasteiger partial charge on any atom is 0.188 e. The van der Waals surface area contributed by atoms with Gasteiger partial charge in [-0.1, -0.05) is 54.1 Å². The van der Waals surface area contributed by atoms with Gasteiger partial charge < -0.3 is 9.47 Å². The van der Waals surface area contributed by atoms with Crippen molar-refractivity contribution in [3.05, 3.63) is 77.0 Å². The smallest absolute Gasteiger partial charge is 0.188 e. The zero-order valence-corrected chi connectivity index (χ0v) is 16.1. The van der Waals surface area contributed by atoms with Gasteiger partial charge in [-0.2, -0.15) is 0 Å². The average molecular weight is 397 g/mol. The number of benzene rings is 2. The van der Waals surface area contributed by atoms with Crippen LogP contribution in [0.5, 0.6) is 0 Å². The van der Waals surface area contributed by atoms with Crippen LogP contribution in [-0.2, 0) is 14.3 Å². The van der Waals surface area contributed by atoms with Gasteiger partial charge >= 0.3 is 0 Å². The number of carbonyl (C=O) groups excluding carboxylic acids is 2. The number of ketones is 2. The maximum atomic E-state index is 12.9. The van der Waals surface area contributed by atoms with E-state index in [0.717, 1.165) is 12.0 Å². The van der Waals surface area contributed by atoms with Crippen LogP contribution in [0.1, 0.15) is 35.2 Å². The lowest BCUT2D eigenvalue weighted by atomic mass is 9.78. The van der Waals surface area contributed by atoms with E-state index in [1.54, 1.807) is 30.5 Å². The molecule has 0 saturated heterocycles. The summed E-state index contributed by atoms with van der Waals surface area (Å²) in [5.41, 5.74) is 2.06. The Balaban J connectivity index is 1.37. The van der Waals surface area contributed by atoms with Gasteiger partial charge in [-0.05, 0) is 30.5 Å². The first-order valence-electron chi connectivity index (χ1n) is 9.47. The third-order valence-corrected chi connectivity index (χ3v) is 5.66. The summed E-state index contributed by atoms with van der Waals surface area (Å²) in [6, 6.07) is 16.3. The first kappa shape index (κ1) is 18.9. The van der Waals surface area contributed by atoms with Crippen LogP contribution in [0.15, 0.2) is 60.9 Å². The van der Waals surface area contributed by atoms with Gasteiger partial charge in [0.05, 0.1) is 23.9 Å². The molecule has 0 radical (unpaired) electrons. The monoisotopic (exact) mass is 396 g/mol. The van der Waals surface area contributed by atoms with Crippen LogP contribution in [0.25, 0.3) is 5.57 Å². The first-order valence-corrected chi connectivity index (χ1v) is 9.85. The molecule has 2 aliphatic rings. The lowest BCUT2D eigenvalue weighted by Gasteiger charge is -2.37. The quantitative estimate of drug-likeness (QED) is 0.686. The number of halogens is 1. The number of fused-ring (bicyclic) bond motifs is 1. The van der Waals surface area contributed by atoms with Gasteiger partial charge in [-0.3, -0.25) is 9.59 Å². The fourth-order valence-electron chi connectivity index (χ4n) is 3.85. The topological polar surface area (TPSA) is 52.6 Å². The van der Waals surface area contributed by atoms with E-state index in [9.17, 15) is 9.59 Å². The summed E-state index contributed by atoms with van der Waals surface area (Å²) in [6.07, 6.45) is 3.33. The highest BCUT2D eigenvalue weighted by atomic mass is 35.5. The lowest BCUT2D eigenvalue weighted by molar-refractivity contribution is -0.127. The molecule has 2 aromatic carbocycles. The van der Waals surface area contributed by atoms with Gasteiger partial charge in [0.25, 0.3) is 0 Å². The molecule has 0 N–H and O–H groups in total. The van der Waals surface area contributed by atoms with E-state index in [1.165, 1.54) is 0 Å². The molecule has 0 spiro atoms. The Kier molecular flexibility index (Phi) is 5.60. The third-order valence-electron chi connectivity index (χ3n) is 5.41. The highest BCUT2D eigenvalue weighted by Gasteiger charge is 2.40. The number of hydrogen-bond donors (Lipinski definition) is 0. The van der Waals surface area contributed by atoms with Crippen molar-refractivity contribution in [1.82, 2.24) is 0 Å². The van der Waals surface area contributed by atoms with Crippen LogP contribution < -0.4 is 0 Å². The zero-order valence-electron chi connectivity index (χ0n) is 15.3. The number of hydrogen-bond acceptors (Lipinski definition) is 4. The van der Waals surface area contributed by atoms with E-state index in [0.29, 0.717) is 29.0 Å². The van der Waals surface area contributed by atoms with E-state index in [1.807, 2.05) is 30.3 Å². The number of carbonyl (C=O) groups is 2. The van der Waals surface area contributed by atoms with Crippen molar-refractivity contribution in [2.75, 3.05) is 6.61 Å². The Morgan fingerprint density at radius 3 is 2.57 bits per heavy atom. The fourth-order valence-corrected chi connectivity index (χ4v) is 3.97. The van der Waals surface area contributed by atoms with Crippen molar-refractivity contribution in [2.24, 2.45) is 5.92 Å². The first-order chi connectivity index (χ1) is 13.6. The van der Waals surface area contributed by atoms with Crippen molar-refractivity contribution in [1.29, 1.82) is 0 Å². The molecule has 0 aromatic heterocycles. The Bertz CT molecular complexity index is 889. The number of Topliss-reactive ketones (excluding diaryl/α,β-unsaturated/α-hetero) is 2. The van der Waals surface area contributed by atoms with E-state index >= 15 is 0 Å². The second kappa shape index (κ2) is 8.29. The average Bonchev–Trinajstić information content (AvgIpc) is 2.74. The second-order valence-electron chi connectivity index (χ2n) is 7.22. The molecule has 4 nitrogen and oxygen atoms in total. The van der Waals surface area contributed by atoms with Crippen LogP contribution >= 0.6 is 11.6 Å². The molecule has 3 unspecified atom stereocenters. The summed E-state index contributed by atoms with van der Waals surface area (Å²) >= 11 is 5.93. The standard InChI is InChI=1S/C23H21ClO4/c24-17-8-6-15(7-9-17)20-13-28-22-12-18(10-11-19(22)23(20)26)27-14-21(25)16-4-2-1-3-5-16/h1-9,13,18-19,22H,10-12,14H2. The molecule has 1 saturated carbocycles. The van der Waals surface area contributed by atoms with Crippen molar-refractivity contribution in [3.63, 3.8) is 0 Å². The Morgan fingerprint density at radius 1 is 1.07 bits per heavy atom. The van der Waals surface area contributed by atoms with Gasteiger partial charge in [-0.15, -0.1) is 0 Å². The molecule has 1 heterocycles. The van der Waals surface area contributed by atoms with Crippen molar-refractivity contribution in [2.45, 2.75) is 31.5 Å². The van der Waals surface area contributed by atoms with Crippen molar-refractivity contribution in [3.8, 4) is 0 Å². The van der Waals surface area contributed by atoms with Gasteiger partial charge in [0.15, 0.2) is 11.6 Å². The second-order valence-corrected chi connectivity index (χ2v) is 7.66. The van der Waals surface area contributed by atoms with Crippen LogP contribution in [0.3, 0.4) is 0 Å².